The van der Waals surface area contributed by atoms with Gasteiger partial charge in [-0.25, -0.2) is 0 Å². The zero-order chi connectivity index (χ0) is 11.4. The van der Waals surface area contributed by atoms with Crippen LogP contribution in [0.2, 0.25) is 0 Å². The molecule has 2 aliphatic heterocycles. The van der Waals surface area contributed by atoms with Gasteiger partial charge in [0.15, 0.2) is 0 Å². The molecule has 2 aliphatic rings. The standard InChI is InChI=1S/C12H24N2S2/c1-13-7-3-5-11(13)9-15-16-10-12-6-4-8-14(12)2/h11-12H,3-10H2,1-2H3. The molecule has 0 N–H and O–H groups in total. The van der Waals surface area contributed by atoms with Crippen LogP contribution in [0.1, 0.15) is 25.7 Å². The Balaban J connectivity index is 1.54. The molecule has 0 radical (unpaired) electrons. The van der Waals surface area contributed by atoms with E-state index >= 15 is 0 Å². The second-order valence-corrected chi connectivity index (χ2v) is 7.67. The lowest BCUT2D eigenvalue weighted by atomic mass is 10.2. The number of likely N-dealkylation sites (tertiary alicyclic amines) is 2. The van der Waals surface area contributed by atoms with Gasteiger partial charge in [0.1, 0.15) is 0 Å². The van der Waals surface area contributed by atoms with Gasteiger partial charge in [0.25, 0.3) is 0 Å². The van der Waals surface area contributed by atoms with Gasteiger partial charge in [-0.3, -0.25) is 0 Å². The van der Waals surface area contributed by atoms with Crippen LogP contribution in [0.3, 0.4) is 0 Å². The average Bonchev–Trinajstić information content (AvgIpc) is 2.84. The smallest absolute Gasteiger partial charge is 0.0193 e. The molecule has 16 heavy (non-hydrogen) atoms. The van der Waals surface area contributed by atoms with E-state index in [0.29, 0.717) is 0 Å². The molecule has 0 bridgehead atoms. The van der Waals surface area contributed by atoms with Crippen LogP contribution in [0.4, 0.5) is 0 Å². The van der Waals surface area contributed by atoms with Gasteiger partial charge in [-0.1, -0.05) is 21.6 Å². The molecular weight excluding hydrogens is 236 g/mol. The van der Waals surface area contributed by atoms with Crippen molar-refractivity contribution >= 4 is 21.6 Å². The van der Waals surface area contributed by atoms with Gasteiger partial charge >= 0.3 is 0 Å². The summed E-state index contributed by atoms with van der Waals surface area (Å²) in [6.07, 6.45) is 5.62. The Labute approximate surface area is 108 Å². The van der Waals surface area contributed by atoms with Crippen molar-refractivity contribution in [2.45, 2.75) is 37.8 Å². The molecule has 0 aromatic rings. The Kier molecular flexibility index (Phi) is 5.33. The minimum atomic E-state index is 0.846. The Bertz CT molecular complexity index is 191. The van der Waals surface area contributed by atoms with Crippen LogP contribution in [-0.4, -0.2) is 60.6 Å². The summed E-state index contributed by atoms with van der Waals surface area (Å²) < 4.78 is 0. The molecule has 2 fully saturated rings. The molecule has 0 aromatic heterocycles. The largest absolute Gasteiger partial charge is 0.303 e. The first-order valence-corrected chi connectivity index (χ1v) is 8.91. The van der Waals surface area contributed by atoms with E-state index in [1.807, 2.05) is 0 Å². The number of hydrogen-bond donors (Lipinski definition) is 0. The molecule has 0 spiro atoms. The lowest BCUT2D eigenvalue weighted by molar-refractivity contribution is 0.334. The monoisotopic (exact) mass is 260 g/mol. The van der Waals surface area contributed by atoms with Crippen molar-refractivity contribution in [3.05, 3.63) is 0 Å². The molecule has 2 saturated heterocycles. The topological polar surface area (TPSA) is 6.48 Å². The van der Waals surface area contributed by atoms with Crippen LogP contribution < -0.4 is 0 Å². The minimum Gasteiger partial charge on any atom is -0.303 e. The van der Waals surface area contributed by atoms with E-state index in [1.54, 1.807) is 0 Å². The zero-order valence-corrected chi connectivity index (χ0v) is 12.2. The summed E-state index contributed by atoms with van der Waals surface area (Å²) >= 11 is 0. The summed E-state index contributed by atoms with van der Waals surface area (Å²) in [6, 6.07) is 1.69. The van der Waals surface area contributed by atoms with Crippen LogP contribution in [0, 0.1) is 0 Å². The van der Waals surface area contributed by atoms with E-state index in [2.05, 4.69) is 45.5 Å². The van der Waals surface area contributed by atoms with Gasteiger partial charge in [0.05, 0.1) is 0 Å². The van der Waals surface area contributed by atoms with Crippen LogP contribution in [0.25, 0.3) is 0 Å². The van der Waals surface area contributed by atoms with E-state index in [0.717, 1.165) is 12.1 Å². The van der Waals surface area contributed by atoms with E-state index in [4.69, 9.17) is 0 Å². The maximum Gasteiger partial charge on any atom is 0.0193 e. The van der Waals surface area contributed by atoms with Crippen LogP contribution in [-0.2, 0) is 0 Å². The first kappa shape index (κ1) is 13.1. The van der Waals surface area contributed by atoms with Crippen molar-refractivity contribution in [2.75, 3.05) is 38.7 Å². The van der Waals surface area contributed by atoms with Crippen molar-refractivity contribution in [1.82, 2.24) is 9.80 Å². The van der Waals surface area contributed by atoms with Crippen LogP contribution >= 0.6 is 21.6 Å². The fraction of sp³-hybridized carbons (Fsp3) is 1.00. The van der Waals surface area contributed by atoms with Crippen molar-refractivity contribution in [1.29, 1.82) is 0 Å². The van der Waals surface area contributed by atoms with Gasteiger partial charge in [-0.2, -0.15) is 0 Å². The molecule has 2 atom stereocenters. The molecular formula is C12H24N2S2. The highest BCUT2D eigenvalue weighted by atomic mass is 33.1. The first-order chi connectivity index (χ1) is 7.77. The van der Waals surface area contributed by atoms with E-state index < -0.39 is 0 Å². The fourth-order valence-corrected chi connectivity index (χ4v) is 5.50. The molecule has 2 rings (SSSR count). The second-order valence-electron chi connectivity index (χ2n) is 5.12. The predicted molar refractivity (Wildman–Crippen MR) is 76.2 cm³/mol. The van der Waals surface area contributed by atoms with E-state index in [-0.39, 0.29) is 0 Å². The Morgan fingerprint density at radius 3 is 1.62 bits per heavy atom. The average molecular weight is 260 g/mol. The number of rotatable bonds is 5. The van der Waals surface area contributed by atoms with Crippen LogP contribution in [0.5, 0.6) is 0 Å². The van der Waals surface area contributed by atoms with E-state index in [1.165, 1.54) is 50.3 Å². The molecule has 4 heteroatoms. The molecule has 2 nitrogen and oxygen atoms in total. The summed E-state index contributed by atoms with van der Waals surface area (Å²) in [5.41, 5.74) is 0. The first-order valence-electron chi connectivity index (χ1n) is 6.42. The van der Waals surface area contributed by atoms with E-state index in [9.17, 15) is 0 Å². The van der Waals surface area contributed by atoms with Gasteiger partial charge in [0.2, 0.25) is 0 Å². The lowest BCUT2D eigenvalue weighted by Crippen LogP contribution is -2.27. The van der Waals surface area contributed by atoms with Gasteiger partial charge < -0.3 is 9.80 Å². The highest BCUT2D eigenvalue weighted by Gasteiger charge is 2.22. The fourth-order valence-electron chi connectivity index (χ4n) is 2.63. The quantitative estimate of drug-likeness (QED) is 0.553. The molecule has 2 unspecified atom stereocenters. The highest BCUT2D eigenvalue weighted by Crippen LogP contribution is 2.30. The van der Waals surface area contributed by atoms with Crippen molar-refractivity contribution in [3.63, 3.8) is 0 Å². The number of hydrogen-bond acceptors (Lipinski definition) is 4. The Hall–Kier alpha value is 0.620. The lowest BCUT2D eigenvalue weighted by Gasteiger charge is -2.20. The molecule has 94 valence electrons. The SMILES string of the molecule is CN1CCCC1CSSCC1CCCN1C. The maximum atomic E-state index is 2.52. The van der Waals surface area contributed by atoms with Crippen molar-refractivity contribution in [2.24, 2.45) is 0 Å². The molecule has 0 amide bonds. The Morgan fingerprint density at radius 1 is 0.875 bits per heavy atom. The predicted octanol–water partition coefficient (Wildman–Crippen LogP) is 2.56. The number of nitrogens with zero attached hydrogens (tertiary/aromatic N) is 2. The van der Waals surface area contributed by atoms with Gasteiger partial charge in [-0.15, -0.1) is 0 Å². The summed E-state index contributed by atoms with van der Waals surface area (Å²) in [6.45, 7) is 2.61. The molecule has 2 heterocycles. The summed E-state index contributed by atoms with van der Waals surface area (Å²) in [5, 5.41) is 0. The second kappa shape index (κ2) is 6.53. The van der Waals surface area contributed by atoms with Gasteiger partial charge in [0, 0.05) is 23.6 Å². The molecule has 0 aromatic carbocycles. The molecule has 0 saturated carbocycles. The van der Waals surface area contributed by atoms with Crippen LogP contribution in [0.15, 0.2) is 0 Å². The van der Waals surface area contributed by atoms with Crippen molar-refractivity contribution < 1.29 is 0 Å². The maximum absolute atomic E-state index is 2.52. The zero-order valence-electron chi connectivity index (χ0n) is 10.5. The normalized spacial score (nSPS) is 32.6. The summed E-state index contributed by atoms with van der Waals surface area (Å²) in [4.78, 5) is 5.05. The summed E-state index contributed by atoms with van der Waals surface area (Å²) in [7, 11) is 8.73. The van der Waals surface area contributed by atoms with Gasteiger partial charge in [-0.05, 0) is 52.9 Å². The van der Waals surface area contributed by atoms with Crippen molar-refractivity contribution in [3.8, 4) is 0 Å². The minimum absolute atomic E-state index is 0.846. The molecule has 0 aliphatic carbocycles. The third-order valence-corrected chi connectivity index (χ3v) is 6.47. The summed E-state index contributed by atoms with van der Waals surface area (Å²) in [5.74, 6) is 2.63. The highest BCUT2D eigenvalue weighted by molar-refractivity contribution is 8.76. The third-order valence-electron chi connectivity index (χ3n) is 3.95. The Morgan fingerprint density at radius 2 is 1.31 bits per heavy atom. The third kappa shape index (κ3) is 3.56.